The zero-order valence-electron chi connectivity index (χ0n) is 11.0. The standard InChI is InChI=1S/C12H25N5/c1-11(2)9-16-12(17-10-14)15-8-6-4-3-5-7-13/h11H,3-9,13H2,1-2H3,(H2,15,16,17). The molecular formula is C12H25N5. The summed E-state index contributed by atoms with van der Waals surface area (Å²) in [7, 11) is 0. The lowest BCUT2D eigenvalue weighted by molar-refractivity contribution is 0.629. The first kappa shape index (κ1) is 15.7. The fraction of sp³-hybridized carbons (Fsp3) is 0.833. The van der Waals surface area contributed by atoms with Crippen molar-refractivity contribution in [3.63, 3.8) is 0 Å². The van der Waals surface area contributed by atoms with Gasteiger partial charge in [0.2, 0.25) is 5.96 Å². The Bertz CT molecular complexity index is 242. The molecule has 17 heavy (non-hydrogen) atoms. The zero-order chi connectivity index (χ0) is 12.9. The number of aliphatic imine (C=N–C) groups is 1. The Morgan fingerprint density at radius 1 is 1.29 bits per heavy atom. The van der Waals surface area contributed by atoms with E-state index in [0.717, 1.165) is 38.9 Å². The summed E-state index contributed by atoms with van der Waals surface area (Å²) < 4.78 is 0. The summed E-state index contributed by atoms with van der Waals surface area (Å²) in [6, 6.07) is 0. The van der Waals surface area contributed by atoms with E-state index in [1.165, 1.54) is 6.42 Å². The van der Waals surface area contributed by atoms with Crippen LogP contribution in [-0.2, 0) is 0 Å². The second-order valence-corrected chi connectivity index (χ2v) is 4.45. The van der Waals surface area contributed by atoms with Gasteiger partial charge in [-0.2, -0.15) is 5.26 Å². The minimum Gasteiger partial charge on any atom is -0.356 e. The number of nitrogens with zero attached hydrogens (tertiary/aromatic N) is 2. The van der Waals surface area contributed by atoms with Crippen LogP contribution in [-0.4, -0.2) is 25.6 Å². The maximum atomic E-state index is 8.58. The Hall–Kier alpha value is -1.28. The number of guanidine groups is 1. The van der Waals surface area contributed by atoms with Crippen molar-refractivity contribution in [1.29, 1.82) is 5.26 Å². The van der Waals surface area contributed by atoms with Crippen LogP contribution in [0.2, 0.25) is 0 Å². The monoisotopic (exact) mass is 239 g/mol. The maximum absolute atomic E-state index is 8.58. The van der Waals surface area contributed by atoms with Gasteiger partial charge in [-0.15, -0.1) is 0 Å². The number of hydrogen-bond donors (Lipinski definition) is 3. The van der Waals surface area contributed by atoms with Crippen molar-refractivity contribution in [3.05, 3.63) is 0 Å². The number of nitrogens with two attached hydrogens (primary N) is 1. The number of unbranched alkanes of at least 4 members (excludes halogenated alkanes) is 3. The van der Waals surface area contributed by atoms with Crippen molar-refractivity contribution in [2.75, 3.05) is 19.6 Å². The molecule has 0 aliphatic carbocycles. The molecule has 5 nitrogen and oxygen atoms in total. The molecule has 0 spiro atoms. The Balaban J connectivity index is 3.70. The molecule has 0 bridgehead atoms. The Kier molecular flexibility index (Phi) is 10.4. The number of rotatable bonds is 8. The molecule has 5 heteroatoms. The largest absolute Gasteiger partial charge is 0.356 e. The minimum absolute atomic E-state index is 0.497. The molecule has 0 aromatic carbocycles. The molecule has 0 aliphatic heterocycles. The number of nitrogens with one attached hydrogen (secondary N) is 2. The molecule has 0 amide bonds. The summed E-state index contributed by atoms with van der Waals surface area (Å²) in [6.45, 7) is 6.53. The lowest BCUT2D eigenvalue weighted by Gasteiger charge is -2.08. The lowest BCUT2D eigenvalue weighted by Crippen LogP contribution is -2.35. The van der Waals surface area contributed by atoms with Gasteiger partial charge in [0.25, 0.3) is 0 Å². The van der Waals surface area contributed by atoms with E-state index in [1.807, 2.05) is 6.19 Å². The predicted octanol–water partition coefficient (Wildman–Crippen LogP) is 1.18. The molecule has 0 saturated carbocycles. The van der Waals surface area contributed by atoms with Gasteiger partial charge in [-0.3, -0.25) is 10.3 Å². The highest BCUT2D eigenvalue weighted by Gasteiger charge is 1.98. The minimum atomic E-state index is 0.497. The van der Waals surface area contributed by atoms with E-state index in [1.54, 1.807) is 0 Å². The van der Waals surface area contributed by atoms with Gasteiger partial charge in [0.15, 0.2) is 6.19 Å². The molecular weight excluding hydrogens is 214 g/mol. The normalized spacial score (nSPS) is 11.4. The highest BCUT2D eigenvalue weighted by Crippen LogP contribution is 1.97. The van der Waals surface area contributed by atoms with Crippen LogP contribution in [0.15, 0.2) is 4.99 Å². The molecule has 0 aromatic heterocycles. The SMILES string of the molecule is CC(C)CN=C(NC#N)NCCCCCCN. The van der Waals surface area contributed by atoms with E-state index in [2.05, 4.69) is 29.5 Å². The van der Waals surface area contributed by atoms with Gasteiger partial charge in [-0.05, 0) is 25.3 Å². The molecule has 0 atom stereocenters. The van der Waals surface area contributed by atoms with Crippen LogP contribution >= 0.6 is 0 Å². The first-order chi connectivity index (χ1) is 8.20. The van der Waals surface area contributed by atoms with Gasteiger partial charge in [-0.1, -0.05) is 26.7 Å². The molecule has 98 valence electrons. The highest BCUT2D eigenvalue weighted by molar-refractivity contribution is 5.81. The average molecular weight is 239 g/mol. The summed E-state index contributed by atoms with van der Waals surface area (Å²) in [6.07, 6.45) is 6.39. The molecule has 0 unspecified atom stereocenters. The molecule has 4 N–H and O–H groups in total. The third-order valence-corrected chi connectivity index (χ3v) is 2.21. The average Bonchev–Trinajstić information content (AvgIpc) is 2.30. The molecule has 0 fully saturated rings. The zero-order valence-corrected chi connectivity index (χ0v) is 11.0. The third kappa shape index (κ3) is 11.0. The second kappa shape index (κ2) is 11.2. The third-order valence-electron chi connectivity index (χ3n) is 2.21. The highest BCUT2D eigenvalue weighted by atomic mass is 15.2. The molecule has 0 radical (unpaired) electrons. The van der Waals surface area contributed by atoms with Gasteiger partial charge in [0.05, 0.1) is 0 Å². The van der Waals surface area contributed by atoms with E-state index in [-0.39, 0.29) is 0 Å². The maximum Gasteiger partial charge on any atom is 0.204 e. The Labute approximate surface area is 104 Å². The summed E-state index contributed by atoms with van der Waals surface area (Å²) in [5.41, 5.74) is 5.42. The van der Waals surface area contributed by atoms with Crippen molar-refractivity contribution >= 4 is 5.96 Å². The second-order valence-electron chi connectivity index (χ2n) is 4.45. The molecule has 0 rings (SSSR count). The fourth-order valence-electron chi connectivity index (χ4n) is 1.30. The topological polar surface area (TPSA) is 86.2 Å². The Morgan fingerprint density at radius 3 is 2.59 bits per heavy atom. The van der Waals surface area contributed by atoms with Crippen LogP contribution in [0.3, 0.4) is 0 Å². The summed E-state index contributed by atoms with van der Waals surface area (Å²) in [5, 5.41) is 14.3. The smallest absolute Gasteiger partial charge is 0.204 e. The van der Waals surface area contributed by atoms with E-state index in [4.69, 9.17) is 11.0 Å². The van der Waals surface area contributed by atoms with E-state index < -0.39 is 0 Å². The predicted molar refractivity (Wildman–Crippen MR) is 71.4 cm³/mol. The van der Waals surface area contributed by atoms with E-state index in [9.17, 15) is 0 Å². The van der Waals surface area contributed by atoms with Gasteiger partial charge < -0.3 is 11.1 Å². The lowest BCUT2D eigenvalue weighted by atomic mass is 10.2. The number of nitriles is 1. The van der Waals surface area contributed by atoms with Crippen molar-refractivity contribution in [1.82, 2.24) is 10.6 Å². The van der Waals surface area contributed by atoms with Gasteiger partial charge in [-0.25, -0.2) is 0 Å². The fourth-order valence-corrected chi connectivity index (χ4v) is 1.30. The Morgan fingerprint density at radius 2 is 2.00 bits per heavy atom. The number of hydrogen-bond acceptors (Lipinski definition) is 3. The first-order valence-electron chi connectivity index (χ1n) is 6.34. The van der Waals surface area contributed by atoms with Gasteiger partial charge in [0.1, 0.15) is 0 Å². The van der Waals surface area contributed by atoms with Crippen LogP contribution in [0.1, 0.15) is 39.5 Å². The van der Waals surface area contributed by atoms with Crippen LogP contribution in [0.25, 0.3) is 0 Å². The summed E-state index contributed by atoms with van der Waals surface area (Å²) in [4.78, 5) is 4.30. The van der Waals surface area contributed by atoms with Gasteiger partial charge in [0, 0.05) is 13.1 Å². The molecule has 0 heterocycles. The van der Waals surface area contributed by atoms with Crippen molar-refractivity contribution in [2.45, 2.75) is 39.5 Å². The van der Waals surface area contributed by atoms with Crippen LogP contribution in [0.5, 0.6) is 0 Å². The molecule has 0 aromatic rings. The van der Waals surface area contributed by atoms with E-state index >= 15 is 0 Å². The molecule has 0 saturated heterocycles. The summed E-state index contributed by atoms with van der Waals surface area (Å²) in [5.74, 6) is 1.08. The summed E-state index contributed by atoms with van der Waals surface area (Å²) >= 11 is 0. The first-order valence-corrected chi connectivity index (χ1v) is 6.34. The quantitative estimate of drug-likeness (QED) is 0.195. The van der Waals surface area contributed by atoms with Crippen LogP contribution in [0.4, 0.5) is 0 Å². The van der Waals surface area contributed by atoms with E-state index in [0.29, 0.717) is 11.9 Å². The van der Waals surface area contributed by atoms with Crippen molar-refractivity contribution in [3.8, 4) is 6.19 Å². The van der Waals surface area contributed by atoms with Crippen LogP contribution in [0, 0.1) is 17.4 Å². The van der Waals surface area contributed by atoms with Crippen molar-refractivity contribution in [2.24, 2.45) is 16.6 Å². The van der Waals surface area contributed by atoms with Crippen molar-refractivity contribution < 1.29 is 0 Å². The van der Waals surface area contributed by atoms with Crippen LogP contribution < -0.4 is 16.4 Å². The molecule has 0 aliphatic rings. The van der Waals surface area contributed by atoms with Gasteiger partial charge >= 0.3 is 0 Å².